The maximum atomic E-state index is 13.3. The molecular weight excluding hydrogens is 249 g/mol. The van der Waals surface area contributed by atoms with Crippen LogP contribution in [0.4, 0.5) is 15.9 Å². The summed E-state index contributed by atoms with van der Waals surface area (Å²) in [6, 6.07) is 5.62. The number of anilines is 2. The predicted molar refractivity (Wildman–Crippen MR) is 65.5 cm³/mol. The van der Waals surface area contributed by atoms with Gasteiger partial charge in [-0.2, -0.15) is 5.26 Å². The molecule has 0 fully saturated rings. The van der Waals surface area contributed by atoms with Gasteiger partial charge in [0.15, 0.2) is 0 Å². The Bertz CT molecular complexity index is 680. The van der Waals surface area contributed by atoms with Gasteiger partial charge in [-0.15, -0.1) is 0 Å². The minimum absolute atomic E-state index is 0.0202. The fraction of sp³-hybridized carbons (Fsp3) is 0. The molecule has 0 aliphatic heterocycles. The van der Waals surface area contributed by atoms with Gasteiger partial charge in [-0.25, -0.2) is 9.37 Å². The monoisotopic (exact) mass is 257 g/mol. The van der Waals surface area contributed by atoms with E-state index < -0.39 is 11.7 Å². The zero-order valence-corrected chi connectivity index (χ0v) is 9.59. The maximum Gasteiger partial charge on any atom is 0.275 e. The van der Waals surface area contributed by atoms with Crippen molar-refractivity contribution in [2.75, 3.05) is 11.1 Å². The van der Waals surface area contributed by atoms with E-state index in [1.54, 1.807) is 6.07 Å². The van der Waals surface area contributed by atoms with Gasteiger partial charge >= 0.3 is 0 Å². The van der Waals surface area contributed by atoms with Crippen molar-refractivity contribution in [1.82, 2.24) is 9.97 Å². The number of halogens is 1. The number of nitrogen functional groups attached to an aromatic ring is 1. The van der Waals surface area contributed by atoms with E-state index in [0.29, 0.717) is 0 Å². The Morgan fingerprint density at radius 3 is 2.89 bits per heavy atom. The van der Waals surface area contributed by atoms with Crippen molar-refractivity contribution in [2.24, 2.45) is 0 Å². The van der Waals surface area contributed by atoms with Crippen molar-refractivity contribution in [3.8, 4) is 6.07 Å². The number of hydrogen-bond donors (Lipinski definition) is 2. The lowest BCUT2D eigenvalue weighted by molar-refractivity contribution is 0.102. The molecule has 6 nitrogen and oxygen atoms in total. The Morgan fingerprint density at radius 2 is 2.21 bits per heavy atom. The van der Waals surface area contributed by atoms with Crippen molar-refractivity contribution >= 4 is 17.4 Å². The van der Waals surface area contributed by atoms with Crippen LogP contribution in [0.15, 0.2) is 30.6 Å². The molecule has 2 rings (SSSR count). The van der Waals surface area contributed by atoms with E-state index in [4.69, 9.17) is 11.0 Å². The van der Waals surface area contributed by atoms with E-state index in [9.17, 15) is 9.18 Å². The van der Waals surface area contributed by atoms with Gasteiger partial charge in [-0.3, -0.25) is 9.78 Å². The second kappa shape index (κ2) is 5.10. The number of carbonyl (C=O) groups is 1. The summed E-state index contributed by atoms with van der Waals surface area (Å²) in [7, 11) is 0. The quantitative estimate of drug-likeness (QED) is 0.844. The number of nitrogens with zero attached hydrogens (tertiary/aromatic N) is 3. The smallest absolute Gasteiger partial charge is 0.275 e. The van der Waals surface area contributed by atoms with Crippen LogP contribution in [0.2, 0.25) is 0 Å². The molecule has 1 heterocycles. The van der Waals surface area contributed by atoms with Crippen LogP contribution in [-0.4, -0.2) is 15.9 Å². The van der Waals surface area contributed by atoms with E-state index in [1.807, 2.05) is 0 Å². The highest BCUT2D eigenvalue weighted by atomic mass is 19.1. The van der Waals surface area contributed by atoms with E-state index in [-0.39, 0.29) is 22.8 Å². The molecule has 0 unspecified atom stereocenters. The van der Waals surface area contributed by atoms with Gasteiger partial charge in [0.1, 0.15) is 29.0 Å². The SMILES string of the molecule is N#Cc1c(F)cccc1NC(=O)c1cncc(N)n1. The Kier molecular flexibility index (Phi) is 3.34. The second-order valence-corrected chi connectivity index (χ2v) is 3.56. The Morgan fingerprint density at radius 1 is 1.42 bits per heavy atom. The lowest BCUT2D eigenvalue weighted by Crippen LogP contribution is -2.16. The van der Waals surface area contributed by atoms with Crippen LogP contribution in [0.1, 0.15) is 16.1 Å². The molecule has 0 bridgehead atoms. The van der Waals surface area contributed by atoms with Gasteiger partial charge in [0.25, 0.3) is 5.91 Å². The summed E-state index contributed by atoms with van der Waals surface area (Å²) < 4.78 is 13.3. The molecule has 1 aromatic heterocycles. The average molecular weight is 257 g/mol. The lowest BCUT2D eigenvalue weighted by Gasteiger charge is -2.06. The lowest BCUT2D eigenvalue weighted by atomic mass is 10.2. The van der Waals surface area contributed by atoms with E-state index in [2.05, 4.69) is 15.3 Å². The third kappa shape index (κ3) is 2.63. The van der Waals surface area contributed by atoms with Crippen LogP contribution in [0.25, 0.3) is 0 Å². The number of benzene rings is 1. The highest BCUT2D eigenvalue weighted by molar-refractivity contribution is 6.03. The Labute approximate surface area is 107 Å². The fourth-order valence-electron chi connectivity index (χ4n) is 1.42. The number of nitrogens with one attached hydrogen (secondary N) is 1. The summed E-state index contributed by atoms with van der Waals surface area (Å²) in [5.41, 5.74) is 5.21. The number of rotatable bonds is 2. The molecule has 0 aliphatic carbocycles. The van der Waals surface area contributed by atoms with Gasteiger partial charge < -0.3 is 11.1 Å². The zero-order valence-electron chi connectivity index (χ0n) is 9.59. The number of aromatic nitrogens is 2. The highest BCUT2D eigenvalue weighted by Crippen LogP contribution is 2.18. The Hall–Kier alpha value is -3.01. The molecule has 7 heteroatoms. The topological polar surface area (TPSA) is 105 Å². The predicted octanol–water partition coefficient (Wildman–Crippen LogP) is 1.32. The largest absolute Gasteiger partial charge is 0.382 e. The summed E-state index contributed by atoms with van der Waals surface area (Å²) in [4.78, 5) is 19.3. The van der Waals surface area contributed by atoms with E-state index in [1.165, 1.54) is 24.5 Å². The van der Waals surface area contributed by atoms with Crippen molar-refractivity contribution in [2.45, 2.75) is 0 Å². The van der Waals surface area contributed by atoms with Crippen LogP contribution in [0.3, 0.4) is 0 Å². The third-order valence-electron chi connectivity index (χ3n) is 2.26. The molecule has 0 atom stereocenters. The molecule has 94 valence electrons. The van der Waals surface area contributed by atoms with Gasteiger partial charge in [-0.1, -0.05) is 6.07 Å². The van der Waals surface area contributed by atoms with Crippen LogP contribution >= 0.6 is 0 Å². The first kappa shape index (κ1) is 12.4. The van der Waals surface area contributed by atoms with Gasteiger partial charge in [0, 0.05) is 0 Å². The molecule has 0 radical (unpaired) electrons. The number of hydrogen-bond acceptors (Lipinski definition) is 5. The maximum absolute atomic E-state index is 13.3. The summed E-state index contributed by atoms with van der Waals surface area (Å²) >= 11 is 0. The number of carbonyl (C=O) groups excluding carboxylic acids is 1. The van der Waals surface area contributed by atoms with Gasteiger partial charge in [0.2, 0.25) is 0 Å². The summed E-state index contributed by atoms with van der Waals surface area (Å²) in [5.74, 6) is -1.24. The molecular formula is C12H8FN5O. The molecule has 2 aromatic rings. The average Bonchev–Trinajstić information content (AvgIpc) is 2.39. The van der Waals surface area contributed by atoms with Gasteiger partial charge in [0.05, 0.1) is 18.1 Å². The molecule has 0 aliphatic rings. The third-order valence-corrected chi connectivity index (χ3v) is 2.26. The van der Waals surface area contributed by atoms with Gasteiger partial charge in [-0.05, 0) is 12.1 Å². The number of nitriles is 1. The molecule has 0 saturated carbocycles. The minimum atomic E-state index is -0.709. The summed E-state index contributed by atoms with van der Waals surface area (Å²) in [5, 5.41) is 11.2. The summed E-state index contributed by atoms with van der Waals surface area (Å²) in [6.07, 6.45) is 2.51. The fourth-order valence-corrected chi connectivity index (χ4v) is 1.42. The van der Waals surface area contributed by atoms with E-state index >= 15 is 0 Å². The van der Waals surface area contributed by atoms with Crippen LogP contribution in [0, 0.1) is 17.1 Å². The number of amides is 1. The Balaban J connectivity index is 2.30. The van der Waals surface area contributed by atoms with Crippen molar-refractivity contribution in [1.29, 1.82) is 5.26 Å². The first-order chi connectivity index (χ1) is 9.11. The number of nitrogens with two attached hydrogens (primary N) is 1. The first-order valence-electron chi connectivity index (χ1n) is 5.19. The highest BCUT2D eigenvalue weighted by Gasteiger charge is 2.13. The first-order valence-corrected chi connectivity index (χ1v) is 5.19. The standard InChI is InChI=1S/C12H8FN5O/c13-8-2-1-3-9(7(8)4-14)18-12(19)10-5-16-6-11(15)17-10/h1-3,5-6H,(H2,15,17)(H,18,19). The summed E-state index contributed by atoms with van der Waals surface area (Å²) in [6.45, 7) is 0. The molecule has 0 saturated heterocycles. The molecule has 3 N–H and O–H groups in total. The minimum Gasteiger partial charge on any atom is -0.382 e. The van der Waals surface area contributed by atoms with Crippen LogP contribution in [-0.2, 0) is 0 Å². The zero-order chi connectivity index (χ0) is 13.8. The van der Waals surface area contributed by atoms with E-state index in [0.717, 1.165) is 6.07 Å². The normalized spacial score (nSPS) is 9.68. The second-order valence-electron chi connectivity index (χ2n) is 3.56. The van der Waals surface area contributed by atoms with Crippen molar-refractivity contribution in [3.05, 3.63) is 47.7 Å². The van der Waals surface area contributed by atoms with Crippen LogP contribution < -0.4 is 11.1 Å². The molecule has 0 spiro atoms. The molecule has 1 aromatic carbocycles. The molecule has 19 heavy (non-hydrogen) atoms. The molecule has 1 amide bonds. The van der Waals surface area contributed by atoms with Crippen molar-refractivity contribution < 1.29 is 9.18 Å². The van der Waals surface area contributed by atoms with Crippen LogP contribution in [0.5, 0.6) is 0 Å². The van der Waals surface area contributed by atoms with Crippen molar-refractivity contribution in [3.63, 3.8) is 0 Å².